The average Bonchev–Trinajstić information content (AvgIpc) is 2.32. The summed E-state index contributed by atoms with van der Waals surface area (Å²) in [7, 11) is 0. The van der Waals surface area contributed by atoms with E-state index in [0.29, 0.717) is 12.7 Å². The van der Waals surface area contributed by atoms with Crippen molar-refractivity contribution >= 4 is 27.3 Å². The molecule has 0 spiro atoms. The number of halogens is 1. The van der Waals surface area contributed by atoms with Gasteiger partial charge >= 0.3 is 0 Å². The van der Waals surface area contributed by atoms with Gasteiger partial charge in [0.05, 0.1) is 23.6 Å². The smallest absolute Gasteiger partial charge is 0.105 e. The molecular weight excluding hydrogens is 240 g/mol. The normalized spacial score (nSPS) is 17.8. The fourth-order valence-electron chi connectivity index (χ4n) is 0.940. The van der Waals surface area contributed by atoms with Crippen LogP contribution in [0.15, 0.2) is 15.9 Å². The van der Waals surface area contributed by atoms with Gasteiger partial charge in [0.1, 0.15) is 6.10 Å². The van der Waals surface area contributed by atoms with Crippen molar-refractivity contribution in [3.8, 4) is 0 Å². The molecule has 1 fully saturated rings. The zero-order valence-corrected chi connectivity index (χ0v) is 8.86. The van der Waals surface area contributed by atoms with Gasteiger partial charge in [-0.1, -0.05) is 0 Å². The minimum Gasteiger partial charge on any atom is -0.376 e. The minimum absolute atomic E-state index is 0.325. The Balaban J connectivity index is 1.79. The van der Waals surface area contributed by atoms with Crippen LogP contribution in [-0.2, 0) is 16.1 Å². The van der Waals surface area contributed by atoms with Crippen LogP contribution in [0.4, 0.5) is 0 Å². The second kappa shape index (κ2) is 3.87. The van der Waals surface area contributed by atoms with Gasteiger partial charge in [-0.2, -0.15) is 0 Å². The van der Waals surface area contributed by atoms with E-state index >= 15 is 0 Å². The van der Waals surface area contributed by atoms with Gasteiger partial charge in [-0.15, -0.1) is 11.3 Å². The van der Waals surface area contributed by atoms with Crippen molar-refractivity contribution in [3.05, 3.63) is 20.8 Å². The minimum atomic E-state index is 0.325. The number of hydrogen-bond acceptors (Lipinski definition) is 3. The van der Waals surface area contributed by atoms with E-state index in [0.717, 1.165) is 17.0 Å². The van der Waals surface area contributed by atoms with Crippen LogP contribution in [0.5, 0.6) is 0 Å². The van der Waals surface area contributed by atoms with Crippen LogP contribution in [0.1, 0.15) is 4.88 Å². The summed E-state index contributed by atoms with van der Waals surface area (Å²) in [5.74, 6) is 0. The number of ether oxygens (including phenoxy) is 2. The van der Waals surface area contributed by atoms with Crippen LogP contribution < -0.4 is 0 Å². The predicted octanol–water partition coefficient (Wildman–Crippen LogP) is 2.43. The Morgan fingerprint density at radius 3 is 2.92 bits per heavy atom. The maximum absolute atomic E-state index is 5.54. The van der Waals surface area contributed by atoms with Gasteiger partial charge in [0, 0.05) is 4.88 Å². The third kappa shape index (κ3) is 2.07. The van der Waals surface area contributed by atoms with E-state index in [9.17, 15) is 0 Å². The molecule has 0 saturated carbocycles. The van der Waals surface area contributed by atoms with Crippen LogP contribution in [0, 0.1) is 0 Å². The highest BCUT2D eigenvalue weighted by molar-refractivity contribution is 9.11. The SMILES string of the molecule is Brc1ccc(COC2COC2)s1. The van der Waals surface area contributed by atoms with E-state index in [4.69, 9.17) is 9.47 Å². The van der Waals surface area contributed by atoms with Crippen molar-refractivity contribution in [3.63, 3.8) is 0 Å². The molecule has 0 radical (unpaired) electrons. The molecule has 2 heterocycles. The molecule has 12 heavy (non-hydrogen) atoms. The Kier molecular flexibility index (Phi) is 2.80. The standard InChI is InChI=1S/C8H9BrO2S/c9-8-2-1-7(12-8)5-11-6-3-10-4-6/h1-2,6H,3-5H2. The lowest BCUT2D eigenvalue weighted by atomic mass is 10.3. The summed E-state index contributed by atoms with van der Waals surface area (Å²) >= 11 is 5.12. The van der Waals surface area contributed by atoms with E-state index in [-0.39, 0.29) is 0 Å². The maximum atomic E-state index is 5.54. The first-order chi connectivity index (χ1) is 5.84. The van der Waals surface area contributed by atoms with E-state index in [1.807, 2.05) is 6.07 Å². The van der Waals surface area contributed by atoms with Gasteiger partial charge in [0.25, 0.3) is 0 Å². The summed E-state index contributed by atoms with van der Waals surface area (Å²) in [4.78, 5) is 1.26. The molecule has 1 saturated heterocycles. The molecule has 1 aromatic heterocycles. The second-order valence-corrected chi connectivity index (χ2v) is 5.22. The monoisotopic (exact) mass is 248 g/mol. The van der Waals surface area contributed by atoms with Crippen molar-refractivity contribution in [1.29, 1.82) is 0 Å². The van der Waals surface area contributed by atoms with Crippen molar-refractivity contribution in [2.24, 2.45) is 0 Å². The van der Waals surface area contributed by atoms with Crippen LogP contribution in [0.3, 0.4) is 0 Å². The summed E-state index contributed by atoms with van der Waals surface area (Å²) in [6.07, 6.45) is 0.325. The lowest BCUT2D eigenvalue weighted by Gasteiger charge is -2.25. The Labute approximate surface area is 83.6 Å². The zero-order valence-electron chi connectivity index (χ0n) is 6.46. The molecule has 1 aromatic rings. The quantitative estimate of drug-likeness (QED) is 0.819. The van der Waals surface area contributed by atoms with Gasteiger partial charge in [-0.25, -0.2) is 0 Å². The molecule has 0 bridgehead atoms. The summed E-state index contributed by atoms with van der Waals surface area (Å²) in [6.45, 7) is 2.23. The van der Waals surface area contributed by atoms with Gasteiger partial charge in [0.15, 0.2) is 0 Å². The average molecular weight is 249 g/mol. The fourth-order valence-corrected chi connectivity index (χ4v) is 2.35. The highest BCUT2D eigenvalue weighted by Gasteiger charge is 2.18. The molecule has 2 nitrogen and oxygen atoms in total. The summed E-state index contributed by atoms with van der Waals surface area (Å²) in [5, 5.41) is 0. The first kappa shape index (κ1) is 8.69. The van der Waals surface area contributed by atoms with Gasteiger partial charge < -0.3 is 9.47 Å². The van der Waals surface area contributed by atoms with E-state index in [1.165, 1.54) is 4.88 Å². The van der Waals surface area contributed by atoms with E-state index < -0.39 is 0 Å². The van der Waals surface area contributed by atoms with Crippen LogP contribution in [0.2, 0.25) is 0 Å². The van der Waals surface area contributed by atoms with Crippen molar-refractivity contribution in [1.82, 2.24) is 0 Å². The summed E-state index contributed by atoms with van der Waals surface area (Å²) in [6, 6.07) is 4.12. The number of thiophene rings is 1. The van der Waals surface area contributed by atoms with Crippen LogP contribution in [0.25, 0.3) is 0 Å². The number of hydrogen-bond donors (Lipinski definition) is 0. The van der Waals surface area contributed by atoms with Gasteiger partial charge in [-0.3, -0.25) is 0 Å². The lowest BCUT2D eigenvalue weighted by Crippen LogP contribution is -2.35. The third-order valence-corrected chi connectivity index (χ3v) is 3.29. The Hall–Kier alpha value is 0.1000. The maximum Gasteiger partial charge on any atom is 0.105 e. The van der Waals surface area contributed by atoms with Gasteiger partial charge in [-0.05, 0) is 28.1 Å². The highest BCUT2D eigenvalue weighted by atomic mass is 79.9. The van der Waals surface area contributed by atoms with E-state index in [1.54, 1.807) is 11.3 Å². The predicted molar refractivity (Wildman–Crippen MR) is 51.4 cm³/mol. The molecule has 1 aliphatic rings. The molecule has 66 valence electrons. The third-order valence-electron chi connectivity index (χ3n) is 1.70. The molecule has 4 heteroatoms. The Morgan fingerprint density at radius 1 is 1.58 bits per heavy atom. The molecular formula is C8H9BrO2S. The molecule has 0 unspecified atom stereocenters. The fraction of sp³-hybridized carbons (Fsp3) is 0.500. The first-order valence-electron chi connectivity index (χ1n) is 3.78. The van der Waals surface area contributed by atoms with Crippen LogP contribution in [-0.4, -0.2) is 19.3 Å². The largest absolute Gasteiger partial charge is 0.376 e. The van der Waals surface area contributed by atoms with Gasteiger partial charge in [0.2, 0.25) is 0 Å². The summed E-state index contributed by atoms with van der Waals surface area (Å²) < 4.78 is 11.7. The van der Waals surface area contributed by atoms with Crippen molar-refractivity contribution < 1.29 is 9.47 Å². The molecule has 0 aromatic carbocycles. The molecule has 1 aliphatic heterocycles. The number of rotatable bonds is 3. The first-order valence-corrected chi connectivity index (χ1v) is 5.39. The van der Waals surface area contributed by atoms with E-state index in [2.05, 4.69) is 22.0 Å². The Morgan fingerprint density at radius 2 is 2.42 bits per heavy atom. The topological polar surface area (TPSA) is 18.5 Å². The second-order valence-electron chi connectivity index (χ2n) is 2.68. The zero-order chi connectivity index (χ0) is 8.39. The summed E-state index contributed by atoms with van der Waals surface area (Å²) in [5.41, 5.74) is 0. The van der Waals surface area contributed by atoms with Crippen molar-refractivity contribution in [2.75, 3.05) is 13.2 Å². The molecule has 0 amide bonds. The van der Waals surface area contributed by atoms with Crippen molar-refractivity contribution in [2.45, 2.75) is 12.7 Å². The highest BCUT2D eigenvalue weighted by Crippen LogP contribution is 2.23. The van der Waals surface area contributed by atoms with Crippen LogP contribution >= 0.6 is 27.3 Å². The molecule has 0 aliphatic carbocycles. The Bertz CT molecular complexity index is 257. The molecule has 0 N–H and O–H groups in total. The molecule has 2 rings (SSSR count). The molecule has 0 atom stereocenters. The lowest BCUT2D eigenvalue weighted by molar-refractivity contribution is -0.134.